The van der Waals surface area contributed by atoms with Crippen LogP contribution in [0.1, 0.15) is 12.5 Å². The molecule has 0 spiro atoms. The zero-order valence-corrected chi connectivity index (χ0v) is 18.2. The molecule has 0 aliphatic carbocycles. The van der Waals surface area contributed by atoms with Gasteiger partial charge in [0.05, 0.1) is 19.8 Å². The first-order valence-corrected chi connectivity index (χ1v) is 10.4. The number of furan rings is 1. The quantitative estimate of drug-likeness (QED) is 0.368. The summed E-state index contributed by atoms with van der Waals surface area (Å²) < 4.78 is 21.7. The van der Waals surface area contributed by atoms with Crippen molar-refractivity contribution in [3.63, 3.8) is 0 Å². The van der Waals surface area contributed by atoms with Gasteiger partial charge in [-0.15, -0.1) is 0 Å². The van der Waals surface area contributed by atoms with Gasteiger partial charge in [0, 0.05) is 22.7 Å². The number of esters is 1. The van der Waals surface area contributed by atoms with E-state index in [1.165, 1.54) is 13.2 Å². The van der Waals surface area contributed by atoms with Crippen molar-refractivity contribution < 1.29 is 28.2 Å². The van der Waals surface area contributed by atoms with Gasteiger partial charge in [-0.1, -0.05) is 18.2 Å². The number of benzene rings is 3. The Morgan fingerprint density at radius 2 is 1.64 bits per heavy atom. The maximum atomic E-state index is 12.5. The Balaban J connectivity index is 1.30. The summed E-state index contributed by atoms with van der Waals surface area (Å²) in [6.45, 7) is 1.53. The standard InChI is InChI=1S/C26H23NO6/c1-17(32-25(28)14-18-16-31-24-15-22(30-2)12-13-23(18)24)26(29)27-19-8-10-21(11-9-19)33-20-6-4-3-5-7-20/h3-13,15-17H,14H2,1-2H3,(H,27,29). The second-order valence-corrected chi connectivity index (χ2v) is 7.36. The molecule has 1 aromatic heterocycles. The maximum absolute atomic E-state index is 12.5. The third-order valence-electron chi connectivity index (χ3n) is 4.98. The summed E-state index contributed by atoms with van der Waals surface area (Å²) in [6, 6.07) is 21.7. The number of hydrogen-bond acceptors (Lipinski definition) is 6. The Kier molecular flexibility index (Phi) is 6.59. The molecule has 0 radical (unpaired) electrons. The van der Waals surface area contributed by atoms with E-state index >= 15 is 0 Å². The van der Waals surface area contributed by atoms with Crippen molar-refractivity contribution in [3.05, 3.63) is 84.6 Å². The average Bonchev–Trinajstić information content (AvgIpc) is 3.22. The first-order valence-electron chi connectivity index (χ1n) is 10.4. The fraction of sp³-hybridized carbons (Fsp3) is 0.154. The van der Waals surface area contributed by atoms with Gasteiger partial charge < -0.3 is 23.9 Å². The number of carbonyl (C=O) groups is 2. The highest BCUT2D eigenvalue weighted by Crippen LogP contribution is 2.26. The van der Waals surface area contributed by atoms with Crippen molar-refractivity contribution in [1.29, 1.82) is 0 Å². The number of para-hydroxylation sites is 1. The van der Waals surface area contributed by atoms with Crippen molar-refractivity contribution in [2.24, 2.45) is 0 Å². The average molecular weight is 445 g/mol. The Morgan fingerprint density at radius 3 is 2.36 bits per heavy atom. The number of anilines is 1. The third kappa shape index (κ3) is 5.51. The largest absolute Gasteiger partial charge is 0.497 e. The van der Waals surface area contributed by atoms with Gasteiger partial charge in [-0.05, 0) is 55.5 Å². The van der Waals surface area contributed by atoms with Crippen molar-refractivity contribution in [1.82, 2.24) is 0 Å². The highest BCUT2D eigenvalue weighted by molar-refractivity contribution is 5.95. The van der Waals surface area contributed by atoms with Crippen molar-refractivity contribution >= 4 is 28.5 Å². The molecule has 168 valence electrons. The molecule has 1 N–H and O–H groups in total. The van der Waals surface area contributed by atoms with E-state index in [1.807, 2.05) is 36.4 Å². The van der Waals surface area contributed by atoms with Gasteiger partial charge in [0.15, 0.2) is 6.10 Å². The SMILES string of the molecule is COc1ccc2c(CC(=O)OC(C)C(=O)Nc3ccc(Oc4ccccc4)cc3)coc2c1. The van der Waals surface area contributed by atoms with Gasteiger partial charge in [-0.2, -0.15) is 0 Å². The van der Waals surface area contributed by atoms with Gasteiger partial charge in [-0.25, -0.2) is 0 Å². The van der Waals surface area contributed by atoms with Crippen LogP contribution in [0.25, 0.3) is 11.0 Å². The highest BCUT2D eigenvalue weighted by Gasteiger charge is 2.20. The lowest BCUT2D eigenvalue weighted by Crippen LogP contribution is -2.30. The van der Waals surface area contributed by atoms with E-state index < -0.39 is 18.0 Å². The van der Waals surface area contributed by atoms with E-state index in [-0.39, 0.29) is 6.42 Å². The lowest BCUT2D eigenvalue weighted by atomic mass is 10.1. The molecule has 0 bridgehead atoms. The smallest absolute Gasteiger partial charge is 0.311 e. The van der Waals surface area contributed by atoms with Crippen LogP contribution in [-0.2, 0) is 20.7 Å². The zero-order valence-electron chi connectivity index (χ0n) is 18.2. The fourth-order valence-corrected chi connectivity index (χ4v) is 3.25. The summed E-state index contributed by atoms with van der Waals surface area (Å²) in [5.74, 6) is 1.07. The number of ether oxygens (including phenoxy) is 3. The molecular formula is C26H23NO6. The van der Waals surface area contributed by atoms with E-state index in [0.717, 1.165) is 11.1 Å². The maximum Gasteiger partial charge on any atom is 0.311 e. The molecule has 0 aliphatic heterocycles. The lowest BCUT2D eigenvalue weighted by Gasteiger charge is -2.14. The third-order valence-corrected chi connectivity index (χ3v) is 4.98. The molecule has 7 heteroatoms. The molecule has 1 atom stereocenters. The number of carbonyl (C=O) groups excluding carboxylic acids is 2. The van der Waals surface area contributed by atoms with E-state index in [1.54, 1.807) is 43.5 Å². The number of fused-ring (bicyclic) bond motifs is 1. The van der Waals surface area contributed by atoms with Crippen LogP contribution in [0.3, 0.4) is 0 Å². The number of rotatable bonds is 8. The molecule has 3 aromatic carbocycles. The predicted molar refractivity (Wildman–Crippen MR) is 124 cm³/mol. The monoisotopic (exact) mass is 445 g/mol. The molecule has 4 aromatic rings. The summed E-state index contributed by atoms with van der Waals surface area (Å²) in [5.41, 5.74) is 1.86. The molecular weight excluding hydrogens is 422 g/mol. The number of methoxy groups -OCH3 is 1. The Bertz CT molecular complexity index is 1250. The molecule has 0 aliphatic rings. The minimum atomic E-state index is -0.962. The fourth-order valence-electron chi connectivity index (χ4n) is 3.25. The number of hydrogen-bond donors (Lipinski definition) is 1. The Morgan fingerprint density at radius 1 is 0.939 bits per heavy atom. The highest BCUT2D eigenvalue weighted by atomic mass is 16.5. The zero-order chi connectivity index (χ0) is 23.2. The Hall–Kier alpha value is -4.26. The van der Waals surface area contributed by atoms with Gasteiger partial charge in [0.25, 0.3) is 5.91 Å². The van der Waals surface area contributed by atoms with Gasteiger partial charge in [0.1, 0.15) is 22.8 Å². The van der Waals surface area contributed by atoms with E-state index in [0.29, 0.717) is 28.3 Å². The molecule has 0 fully saturated rings. The first-order chi connectivity index (χ1) is 16.0. The van der Waals surface area contributed by atoms with E-state index in [4.69, 9.17) is 18.6 Å². The van der Waals surface area contributed by atoms with Gasteiger partial charge >= 0.3 is 5.97 Å². The summed E-state index contributed by atoms with van der Waals surface area (Å²) in [4.78, 5) is 24.8. The minimum absolute atomic E-state index is 0.0114. The number of amides is 1. The minimum Gasteiger partial charge on any atom is -0.497 e. The van der Waals surface area contributed by atoms with Crippen LogP contribution in [0.15, 0.2) is 83.5 Å². The Labute approximate surface area is 190 Å². The van der Waals surface area contributed by atoms with Crippen LogP contribution in [0.4, 0.5) is 5.69 Å². The topological polar surface area (TPSA) is 87.0 Å². The van der Waals surface area contributed by atoms with Gasteiger partial charge in [0.2, 0.25) is 0 Å². The molecule has 7 nitrogen and oxygen atoms in total. The molecule has 4 rings (SSSR count). The lowest BCUT2D eigenvalue weighted by molar-refractivity contribution is -0.152. The molecule has 1 unspecified atom stereocenters. The van der Waals surface area contributed by atoms with Crippen LogP contribution in [-0.4, -0.2) is 25.1 Å². The van der Waals surface area contributed by atoms with E-state index in [2.05, 4.69) is 5.32 Å². The molecule has 0 saturated heterocycles. The second kappa shape index (κ2) is 9.91. The van der Waals surface area contributed by atoms with Crippen LogP contribution in [0.2, 0.25) is 0 Å². The normalized spacial score (nSPS) is 11.6. The molecule has 1 heterocycles. The molecule has 0 saturated carbocycles. The van der Waals surface area contributed by atoms with Crippen molar-refractivity contribution in [3.8, 4) is 17.2 Å². The number of nitrogens with one attached hydrogen (secondary N) is 1. The summed E-state index contributed by atoms with van der Waals surface area (Å²) in [7, 11) is 1.57. The van der Waals surface area contributed by atoms with Crippen LogP contribution < -0.4 is 14.8 Å². The van der Waals surface area contributed by atoms with Crippen LogP contribution in [0.5, 0.6) is 17.2 Å². The summed E-state index contributed by atoms with van der Waals surface area (Å²) >= 11 is 0. The second-order valence-electron chi connectivity index (χ2n) is 7.36. The van der Waals surface area contributed by atoms with Gasteiger partial charge in [-0.3, -0.25) is 9.59 Å². The first kappa shape index (κ1) is 22.0. The van der Waals surface area contributed by atoms with E-state index in [9.17, 15) is 9.59 Å². The summed E-state index contributed by atoms with van der Waals surface area (Å²) in [5, 5.41) is 3.53. The van der Waals surface area contributed by atoms with Crippen molar-refractivity contribution in [2.75, 3.05) is 12.4 Å². The molecule has 33 heavy (non-hydrogen) atoms. The molecule has 1 amide bonds. The van der Waals surface area contributed by atoms with Crippen LogP contribution >= 0.6 is 0 Å². The summed E-state index contributed by atoms with van der Waals surface area (Å²) in [6.07, 6.45) is 0.536. The van der Waals surface area contributed by atoms with Crippen molar-refractivity contribution in [2.45, 2.75) is 19.4 Å². The predicted octanol–water partition coefficient (Wildman–Crippen LogP) is 5.35. The van der Waals surface area contributed by atoms with Crippen LogP contribution in [0, 0.1) is 0 Å².